The van der Waals surface area contributed by atoms with Crippen LogP contribution in [0.25, 0.3) is 0 Å². The van der Waals surface area contributed by atoms with Crippen LogP contribution in [-0.2, 0) is 4.79 Å². The topological polar surface area (TPSA) is 40.6 Å². The van der Waals surface area contributed by atoms with Crippen molar-refractivity contribution in [2.75, 3.05) is 26.7 Å². The van der Waals surface area contributed by atoms with Gasteiger partial charge in [-0.2, -0.15) is 0 Å². The van der Waals surface area contributed by atoms with Gasteiger partial charge in [0.25, 0.3) is 5.91 Å². The Morgan fingerprint density at radius 1 is 1.37 bits per heavy atom. The summed E-state index contributed by atoms with van der Waals surface area (Å²) in [5.41, 5.74) is 0.530. The van der Waals surface area contributed by atoms with Crippen LogP contribution >= 0.6 is 34.2 Å². The van der Waals surface area contributed by atoms with E-state index in [0.29, 0.717) is 23.7 Å². The molecule has 1 aromatic carbocycles. The van der Waals surface area contributed by atoms with Crippen molar-refractivity contribution < 1.29 is 9.59 Å². The Hall–Kier alpha value is -0.820. The summed E-state index contributed by atoms with van der Waals surface area (Å²) in [6, 6.07) is 5.21. The fourth-order valence-corrected chi connectivity index (χ4v) is 2.49. The van der Waals surface area contributed by atoms with Gasteiger partial charge in [0.1, 0.15) is 6.54 Å². The molecule has 2 amide bonds. The largest absolute Gasteiger partial charge is 0.344 e. The van der Waals surface area contributed by atoms with E-state index in [0.717, 1.165) is 9.99 Å². The molecule has 1 aliphatic heterocycles. The molecule has 0 atom stereocenters. The Labute approximate surface area is 130 Å². The maximum absolute atomic E-state index is 12.4. The molecule has 0 spiro atoms. The summed E-state index contributed by atoms with van der Waals surface area (Å²) in [5.74, 6) is -0.163. The average Bonchev–Trinajstić information content (AvgIpc) is 2.55. The molecule has 0 saturated carbocycles. The van der Waals surface area contributed by atoms with Gasteiger partial charge in [-0.1, -0.05) is 11.6 Å². The molecule has 0 radical (unpaired) electrons. The molecule has 0 N–H and O–H groups in total. The SMILES string of the molecule is CN1CCCN(C(=O)c2ccc(I)c(Cl)c2)CC1=O. The number of hydrogen-bond acceptors (Lipinski definition) is 2. The number of halogens is 2. The third-order valence-electron chi connectivity index (χ3n) is 3.13. The second-order valence-electron chi connectivity index (χ2n) is 4.52. The Kier molecular flexibility index (Phi) is 4.67. The molecule has 0 aliphatic carbocycles. The van der Waals surface area contributed by atoms with Gasteiger partial charge in [0.2, 0.25) is 5.91 Å². The Morgan fingerprint density at radius 2 is 2.11 bits per heavy atom. The summed E-state index contributed by atoms with van der Waals surface area (Å²) < 4.78 is 0.905. The zero-order valence-corrected chi connectivity index (χ0v) is 13.4. The van der Waals surface area contributed by atoms with E-state index in [1.54, 1.807) is 29.0 Å². The lowest BCUT2D eigenvalue weighted by atomic mass is 10.2. The second kappa shape index (κ2) is 6.09. The molecular weight excluding hydrogens is 379 g/mol. The summed E-state index contributed by atoms with van der Waals surface area (Å²) in [6.45, 7) is 1.42. The van der Waals surface area contributed by atoms with E-state index in [9.17, 15) is 9.59 Å². The van der Waals surface area contributed by atoms with Crippen LogP contribution < -0.4 is 0 Å². The lowest BCUT2D eigenvalue weighted by Gasteiger charge is -2.20. The molecule has 2 rings (SSSR count). The third kappa shape index (κ3) is 3.39. The fraction of sp³-hybridized carbons (Fsp3) is 0.385. The summed E-state index contributed by atoms with van der Waals surface area (Å²) in [6.07, 6.45) is 0.798. The highest BCUT2D eigenvalue weighted by Gasteiger charge is 2.23. The van der Waals surface area contributed by atoms with Crippen molar-refractivity contribution in [1.29, 1.82) is 0 Å². The van der Waals surface area contributed by atoms with Crippen LogP contribution in [0.5, 0.6) is 0 Å². The van der Waals surface area contributed by atoms with E-state index in [-0.39, 0.29) is 18.4 Å². The quantitative estimate of drug-likeness (QED) is 0.688. The number of benzene rings is 1. The smallest absolute Gasteiger partial charge is 0.254 e. The first-order valence-electron chi connectivity index (χ1n) is 5.97. The maximum atomic E-state index is 12.4. The Bertz CT molecular complexity index is 521. The first kappa shape index (κ1) is 14.6. The number of carbonyl (C=O) groups is 2. The predicted octanol–water partition coefficient (Wildman–Crippen LogP) is 2.25. The molecular formula is C13H14ClIN2O2. The number of likely N-dealkylation sites (N-methyl/N-ethyl adjacent to an activating group) is 1. The van der Waals surface area contributed by atoms with Gasteiger partial charge in [-0.3, -0.25) is 9.59 Å². The fourth-order valence-electron chi connectivity index (χ4n) is 1.97. The molecule has 102 valence electrons. The molecule has 0 unspecified atom stereocenters. The van der Waals surface area contributed by atoms with Crippen molar-refractivity contribution in [2.24, 2.45) is 0 Å². The van der Waals surface area contributed by atoms with Gasteiger partial charge in [-0.05, 0) is 47.2 Å². The van der Waals surface area contributed by atoms with Gasteiger partial charge in [-0.25, -0.2) is 0 Å². The van der Waals surface area contributed by atoms with Gasteiger partial charge in [0.15, 0.2) is 0 Å². The highest BCUT2D eigenvalue weighted by molar-refractivity contribution is 14.1. The molecule has 1 saturated heterocycles. The van der Waals surface area contributed by atoms with E-state index in [4.69, 9.17) is 11.6 Å². The number of hydrogen-bond donors (Lipinski definition) is 0. The zero-order chi connectivity index (χ0) is 14.0. The van der Waals surface area contributed by atoms with Crippen molar-refractivity contribution in [3.8, 4) is 0 Å². The van der Waals surface area contributed by atoms with Crippen molar-refractivity contribution in [1.82, 2.24) is 9.80 Å². The molecule has 4 nitrogen and oxygen atoms in total. The molecule has 6 heteroatoms. The predicted molar refractivity (Wildman–Crippen MR) is 82.3 cm³/mol. The summed E-state index contributed by atoms with van der Waals surface area (Å²) in [7, 11) is 1.76. The zero-order valence-electron chi connectivity index (χ0n) is 10.5. The first-order chi connectivity index (χ1) is 8.99. The van der Waals surface area contributed by atoms with Crippen molar-refractivity contribution in [3.05, 3.63) is 32.4 Å². The molecule has 1 heterocycles. The van der Waals surface area contributed by atoms with Gasteiger partial charge in [-0.15, -0.1) is 0 Å². The standard InChI is InChI=1S/C13H14ClIN2O2/c1-16-5-2-6-17(8-12(16)18)13(19)9-3-4-11(15)10(14)7-9/h3-4,7H,2,5-6,8H2,1H3. The normalized spacial score (nSPS) is 16.5. The van der Waals surface area contributed by atoms with E-state index in [2.05, 4.69) is 22.6 Å². The summed E-state index contributed by atoms with van der Waals surface area (Å²) in [5, 5.41) is 0.560. The highest BCUT2D eigenvalue weighted by atomic mass is 127. The molecule has 1 aliphatic rings. The van der Waals surface area contributed by atoms with E-state index >= 15 is 0 Å². The van der Waals surface area contributed by atoms with Gasteiger partial charge >= 0.3 is 0 Å². The summed E-state index contributed by atoms with van der Waals surface area (Å²) in [4.78, 5) is 27.4. The number of rotatable bonds is 1. The van der Waals surface area contributed by atoms with Crippen LogP contribution in [0.1, 0.15) is 16.8 Å². The van der Waals surface area contributed by atoms with Gasteiger partial charge in [0.05, 0.1) is 5.02 Å². The van der Waals surface area contributed by atoms with Crippen LogP contribution in [-0.4, -0.2) is 48.3 Å². The third-order valence-corrected chi connectivity index (χ3v) is 4.70. The van der Waals surface area contributed by atoms with Crippen molar-refractivity contribution in [3.63, 3.8) is 0 Å². The van der Waals surface area contributed by atoms with Crippen LogP contribution in [0.2, 0.25) is 5.02 Å². The van der Waals surface area contributed by atoms with Crippen LogP contribution in [0.15, 0.2) is 18.2 Å². The lowest BCUT2D eigenvalue weighted by Crippen LogP contribution is -2.38. The summed E-state index contributed by atoms with van der Waals surface area (Å²) >= 11 is 8.14. The monoisotopic (exact) mass is 392 g/mol. The highest BCUT2D eigenvalue weighted by Crippen LogP contribution is 2.20. The minimum Gasteiger partial charge on any atom is -0.344 e. The molecule has 0 bridgehead atoms. The molecule has 0 aromatic heterocycles. The number of amides is 2. The molecule has 1 fully saturated rings. The van der Waals surface area contributed by atoms with Gasteiger partial charge in [0, 0.05) is 29.3 Å². The Morgan fingerprint density at radius 3 is 2.79 bits per heavy atom. The minimum atomic E-state index is -0.137. The molecule has 1 aromatic rings. The first-order valence-corrected chi connectivity index (χ1v) is 7.43. The number of nitrogens with zero attached hydrogens (tertiary/aromatic N) is 2. The van der Waals surface area contributed by atoms with Gasteiger partial charge < -0.3 is 9.80 Å². The van der Waals surface area contributed by atoms with Crippen LogP contribution in [0, 0.1) is 3.57 Å². The molecule has 19 heavy (non-hydrogen) atoms. The average molecular weight is 393 g/mol. The maximum Gasteiger partial charge on any atom is 0.254 e. The minimum absolute atomic E-state index is 0.0255. The second-order valence-corrected chi connectivity index (χ2v) is 6.09. The lowest BCUT2D eigenvalue weighted by molar-refractivity contribution is -0.129. The van der Waals surface area contributed by atoms with E-state index in [1.165, 1.54) is 0 Å². The van der Waals surface area contributed by atoms with Crippen molar-refractivity contribution in [2.45, 2.75) is 6.42 Å². The van der Waals surface area contributed by atoms with E-state index in [1.807, 2.05) is 6.07 Å². The van der Waals surface area contributed by atoms with Crippen LogP contribution in [0.4, 0.5) is 0 Å². The van der Waals surface area contributed by atoms with Crippen LogP contribution in [0.3, 0.4) is 0 Å². The van der Waals surface area contributed by atoms with E-state index < -0.39 is 0 Å². The Balaban J connectivity index is 2.18. The van der Waals surface area contributed by atoms with Crippen molar-refractivity contribution >= 4 is 46.0 Å². The number of carbonyl (C=O) groups excluding carboxylic acids is 2.